The Morgan fingerprint density at radius 2 is 2.00 bits per heavy atom. The Hall–Kier alpha value is -1.69. The maximum absolute atomic E-state index is 13.2. The first-order valence-corrected chi connectivity index (χ1v) is 9.06. The number of anilines is 2. The maximum Gasteiger partial charge on any atom is 0.0892 e. The topological polar surface area (TPSA) is 43.8 Å². The van der Waals surface area contributed by atoms with E-state index in [1.165, 1.54) is 0 Å². The molecule has 0 radical (unpaired) electrons. The van der Waals surface area contributed by atoms with Crippen LogP contribution >= 0.6 is 0 Å². The summed E-state index contributed by atoms with van der Waals surface area (Å²) in [5, 5.41) is 9.98. The second-order valence-electron chi connectivity index (χ2n) is 6.16. The molecule has 0 spiro atoms. The van der Waals surface area contributed by atoms with Gasteiger partial charge in [0.25, 0.3) is 0 Å². The standard InChI is InChI=1S/C19H24N2O2S/c1-14(22)15-9-10-19-17(13-15)21(12-6-11-20(2)3)16-7-4-5-8-18(16)24(19)23/h4-5,7-10,13-14,22H,6,11-12H2,1-3H3/i4D,5D,7D,8D. The van der Waals surface area contributed by atoms with Crippen LogP contribution in [0.1, 0.15) is 30.5 Å². The smallest absolute Gasteiger partial charge is 0.0892 e. The van der Waals surface area contributed by atoms with Crippen LogP contribution in [0.2, 0.25) is 0 Å². The highest BCUT2D eigenvalue weighted by atomic mass is 32.2. The predicted octanol–water partition coefficient (Wildman–Crippen LogP) is 3.31. The Labute approximate surface area is 151 Å². The average molecular weight is 349 g/mol. The molecule has 2 aromatic carbocycles. The van der Waals surface area contributed by atoms with Crippen molar-refractivity contribution in [3.05, 3.63) is 47.9 Å². The van der Waals surface area contributed by atoms with Crippen LogP contribution in [0.15, 0.2) is 52.2 Å². The van der Waals surface area contributed by atoms with Gasteiger partial charge in [0, 0.05) is 6.54 Å². The lowest BCUT2D eigenvalue weighted by Crippen LogP contribution is -2.27. The number of benzene rings is 2. The zero-order valence-corrected chi connectivity index (χ0v) is 14.9. The fourth-order valence-corrected chi connectivity index (χ4v) is 4.04. The Kier molecular flexibility index (Phi) is 3.71. The van der Waals surface area contributed by atoms with E-state index in [0.29, 0.717) is 22.7 Å². The summed E-state index contributed by atoms with van der Waals surface area (Å²) in [4.78, 5) is 4.47. The zero-order chi connectivity index (χ0) is 20.7. The van der Waals surface area contributed by atoms with E-state index in [4.69, 9.17) is 5.48 Å². The van der Waals surface area contributed by atoms with Crippen LogP contribution in [-0.2, 0) is 10.8 Å². The molecule has 1 aliphatic heterocycles. The van der Waals surface area contributed by atoms with Crippen LogP contribution in [-0.4, -0.2) is 41.4 Å². The number of nitrogens with zero attached hydrogens (tertiary/aromatic N) is 2. The molecule has 24 heavy (non-hydrogen) atoms. The third kappa shape index (κ3) is 3.24. The molecule has 1 N–H and O–H groups in total. The third-order valence-electron chi connectivity index (χ3n) is 4.03. The highest BCUT2D eigenvalue weighted by Crippen LogP contribution is 2.42. The van der Waals surface area contributed by atoms with E-state index in [2.05, 4.69) is 0 Å². The van der Waals surface area contributed by atoms with Crippen LogP contribution in [0.3, 0.4) is 0 Å². The van der Waals surface area contributed by atoms with E-state index in [1.807, 2.05) is 23.9 Å². The monoisotopic (exact) mass is 348 g/mol. The summed E-state index contributed by atoms with van der Waals surface area (Å²) in [6.07, 6.45) is 0.0495. The minimum atomic E-state index is -1.73. The van der Waals surface area contributed by atoms with Gasteiger partial charge in [-0.2, -0.15) is 0 Å². The average Bonchev–Trinajstić information content (AvgIpc) is 2.65. The highest BCUT2D eigenvalue weighted by molar-refractivity contribution is 7.85. The molecule has 0 bridgehead atoms. The van der Waals surface area contributed by atoms with Crippen molar-refractivity contribution in [3.8, 4) is 0 Å². The number of aliphatic hydroxyl groups is 1. The van der Waals surface area contributed by atoms with Crippen molar-refractivity contribution in [2.24, 2.45) is 0 Å². The van der Waals surface area contributed by atoms with Crippen LogP contribution in [0, 0.1) is 0 Å². The van der Waals surface area contributed by atoms with Crippen molar-refractivity contribution >= 4 is 22.2 Å². The third-order valence-corrected chi connectivity index (χ3v) is 5.44. The summed E-state index contributed by atoms with van der Waals surface area (Å²) in [6, 6.07) is 3.97. The molecule has 1 heterocycles. The Morgan fingerprint density at radius 3 is 2.71 bits per heavy atom. The maximum atomic E-state index is 13.2. The van der Waals surface area contributed by atoms with Gasteiger partial charge in [0.15, 0.2) is 0 Å². The summed E-state index contributed by atoms with van der Waals surface area (Å²) < 4.78 is 45.9. The summed E-state index contributed by atoms with van der Waals surface area (Å²) >= 11 is 0. The Bertz CT molecular complexity index is 950. The first kappa shape index (κ1) is 12.6. The molecule has 2 unspecified atom stereocenters. The molecular formula is C19H24N2O2S. The van der Waals surface area contributed by atoms with Crippen molar-refractivity contribution < 1.29 is 14.8 Å². The lowest BCUT2D eigenvalue weighted by Gasteiger charge is -2.33. The van der Waals surface area contributed by atoms with Gasteiger partial charge in [-0.1, -0.05) is 18.2 Å². The lowest BCUT2D eigenvalue weighted by molar-refractivity contribution is 0.199. The van der Waals surface area contributed by atoms with Gasteiger partial charge in [-0.3, -0.25) is 0 Å². The molecule has 2 atom stereocenters. The van der Waals surface area contributed by atoms with Gasteiger partial charge in [-0.15, -0.1) is 0 Å². The number of para-hydroxylation sites is 1. The minimum absolute atomic E-state index is 0.119. The number of hydrogen-bond donors (Lipinski definition) is 1. The first-order chi connectivity index (χ1) is 13.1. The largest absolute Gasteiger partial charge is 0.389 e. The molecule has 5 heteroatoms. The van der Waals surface area contributed by atoms with E-state index in [-0.39, 0.29) is 34.8 Å². The number of rotatable bonds is 5. The van der Waals surface area contributed by atoms with Gasteiger partial charge in [0.1, 0.15) is 0 Å². The van der Waals surface area contributed by atoms with E-state index in [1.54, 1.807) is 25.1 Å². The molecule has 0 fully saturated rings. The molecule has 0 saturated heterocycles. The molecule has 0 amide bonds. The van der Waals surface area contributed by atoms with Gasteiger partial charge in [-0.25, -0.2) is 4.21 Å². The predicted molar refractivity (Wildman–Crippen MR) is 98.4 cm³/mol. The summed E-state index contributed by atoms with van der Waals surface area (Å²) in [7, 11) is 2.19. The number of aliphatic hydroxyl groups excluding tert-OH is 1. The molecule has 1 aliphatic rings. The van der Waals surface area contributed by atoms with Crippen molar-refractivity contribution in [2.45, 2.75) is 29.2 Å². The van der Waals surface area contributed by atoms with Crippen LogP contribution < -0.4 is 4.90 Å². The van der Waals surface area contributed by atoms with Crippen LogP contribution in [0.25, 0.3) is 0 Å². The minimum Gasteiger partial charge on any atom is -0.389 e. The van der Waals surface area contributed by atoms with Gasteiger partial charge in [0.2, 0.25) is 0 Å². The van der Waals surface area contributed by atoms with Crippen LogP contribution in [0.5, 0.6) is 0 Å². The van der Waals surface area contributed by atoms with Gasteiger partial charge >= 0.3 is 0 Å². The quantitative estimate of drug-likeness (QED) is 0.900. The summed E-state index contributed by atoms with van der Waals surface area (Å²) in [5.74, 6) is 0. The Balaban J connectivity index is 2.24. The molecule has 0 saturated carbocycles. The van der Waals surface area contributed by atoms with Crippen molar-refractivity contribution in [3.63, 3.8) is 0 Å². The molecular weight excluding hydrogens is 320 g/mol. The summed E-state index contributed by atoms with van der Waals surface area (Å²) in [6.45, 7) is 2.95. The number of fused-ring (bicyclic) bond motifs is 2. The Morgan fingerprint density at radius 1 is 1.25 bits per heavy atom. The molecule has 0 aromatic heterocycles. The van der Waals surface area contributed by atoms with Gasteiger partial charge in [0.05, 0.1) is 43.6 Å². The lowest BCUT2D eigenvalue weighted by atomic mass is 10.1. The summed E-state index contributed by atoms with van der Waals surface area (Å²) in [5.41, 5.74) is 1.55. The second-order valence-corrected chi connectivity index (χ2v) is 7.54. The van der Waals surface area contributed by atoms with Crippen molar-refractivity contribution in [1.82, 2.24) is 4.90 Å². The molecule has 4 nitrogen and oxygen atoms in total. The van der Waals surface area contributed by atoms with Crippen molar-refractivity contribution in [2.75, 3.05) is 32.1 Å². The SMILES string of the molecule is [2H]c1c([2H])c([2H])c2c(c1[2H])N(CCCN(C)C)c1cc(C(C)O)ccc1S2=O. The van der Waals surface area contributed by atoms with E-state index < -0.39 is 16.9 Å². The van der Waals surface area contributed by atoms with Gasteiger partial charge in [-0.05, 0) is 63.8 Å². The zero-order valence-electron chi connectivity index (χ0n) is 18.1. The van der Waals surface area contributed by atoms with Crippen LogP contribution in [0.4, 0.5) is 11.4 Å². The molecule has 3 rings (SSSR count). The first-order valence-electron chi connectivity index (χ1n) is 9.91. The highest BCUT2D eigenvalue weighted by Gasteiger charge is 2.28. The fraction of sp³-hybridized carbons (Fsp3) is 0.368. The molecule has 2 aromatic rings. The normalized spacial score (nSPS) is 19.9. The second kappa shape index (κ2) is 7.05. The molecule has 0 aliphatic carbocycles. The van der Waals surface area contributed by atoms with Gasteiger partial charge < -0.3 is 14.9 Å². The van der Waals surface area contributed by atoms with E-state index in [9.17, 15) is 9.32 Å². The fourth-order valence-electron chi connectivity index (χ4n) is 2.79. The van der Waals surface area contributed by atoms with Crippen molar-refractivity contribution in [1.29, 1.82) is 0 Å². The van der Waals surface area contributed by atoms with E-state index >= 15 is 0 Å². The van der Waals surface area contributed by atoms with E-state index in [0.717, 1.165) is 13.0 Å². The molecule has 128 valence electrons. The number of hydrogen-bond acceptors (Lipinski definition) is 4.